The molecule has 1 saturated heterocycles. The maximum atomic E-state index is 5.91. The molecule has 1 aromatic carbocycles. The number of rotatable bonds is 8. The van der Waals surface area contributed by atoms with Gasteiger partial charge in [-0.25, -0.2) is 4.98 Å². The molecule has 1 aromatic heterocycles. The van der Waals surface area contributed by atoms with Crippen molar-refractivity contribution in [3.05, 3.63) is 48.2 Å². The number of nitrogens with zero attached hydrogens (tertiary/aromatic N) is 1. The molecular formula is C23H32ClN3O3. The Morgan fingerprint density at radius 3 is 2.77 bits per heavy atom. The molecule has 2 aliphatic rings. The molecule has 2 fully saturated rings. The van der Waals surface area contributed by atoms with E-state index in [2.05, 4.69) is 21.7 Å². The van der Waals surface area contributed by atoms with Crippen LogP contribution in [0.1, 0.15) is 31.7 Å². The summed E-state index contributed by atoms with van der Waals surface area (Å²) in [6.45, 7) is 6.01. The normalized spacial score (nSPS) is 23.6. The third-order valence-corrected chi connectivity index (χ3v) is 5.77. The highest BCUT2D eigenvalue weighted by Crippen LogP contribution is 2.31. The fourth-order valence-electron chi connectivity index (χ4n) is 4.33. The Labute approximate surface area is 185 Å². The van der Waals surface area contributed by atoms with E-state index in [4.69, 9.17) is 14.2 Å². The van der Waals surface area contributed by atoms with Crippen LogP contribution in [0.4, 0.5) is 0 Å². The molecule has 2 heterocycles. The van der Waals surface area contributed by atoms with E-state index in [0.29, 0.717) is 36.2 Å². The van der Waals surface area contributed by atoms with E-state index in [1.807, 2.05) is 43.5 Å². The zero-order valence-corrected chi connectivity index (χ0v) is 18.3. The highest BCUT2D eigenvalue weighted by Gasteiger charge is 2.34. The van der Waals surface area contributed by atoms with Gasteiger partial charge in [0, 0.05) is 37.4 Å². The Morgan fingerprint density at radius 2 is 2.03 bits per heavy atom. The number of nitrogens with one attached hydrogen (secondary N) is 2. The molecule has 0 spiro atoms. The predicted octanol–water partition coefficient (Wildman–Crippen LogP) is 3.94. The zero-order chi connectivity index (χ0) is 19.9. The van der Waals surface area contributed by atoms with Crippen LogP contribution >= 0.6 is 12.4 Å². The molecule has 3 atom stereocenters. The Balaban J connectivity index is 0.00000256. The van der Waals surface area contributed by atoms with E-state index in [1.54, 1.807) is 0 Å². The second kappa shape index (κ2) is 11.5. The molecular weight excluding hydrogens is 402 g/mol. The largest absolute Gasteiger partial charge is 0.490 e. The van der Waals surface area contributed by atoms with Gasteiger partial charge >= 0.3 is 0 Å². The van der Waals surface area contributed by atoms with E-state index in [1.165, 1.54) is 19.3 Å². The van der Waals surface area contributed by atoms with Crippen LogP contribution in [-0.2, 0) is 11.3 Å². The lowest BCUT2D eigenvalue weighted by Gasteiger charge is -2.33. The van der Waals surface area contributed by atoms with E-state index in [9.17, 15) is 0 Å². The summed E-state index contributed by atoms with van der Waals surface area (Å²) in [5, 5.41) is 7.37. The summed E-state index contributed by atoms with van der Waals surface area (Å²) >= 11 is 0. The van der Waals surface area contributed by atoms with Gasteiger partial charge < -0.3 is 24.8 Å². The lowest BCUT2D eigenvalue weighted by atomic mass is 9.94. The predicted molar refractivity (Wildman–Crippen MR) is 120 cm³/mol. The van der Waals surface area contributed by atoms with Gasteiger partial charge in [0.05, 0.1) is 19.8 Å². The average Bonchev–Trinajstić information content (AvgIpc) is 3.24. The van der Waals surface area contributed by atoms with Gasteiger partial charge in [-0.3, -0.25) is 0 Å². The molecule has 1 aliphatic heterocycles. The summed E-state index contributed by atoms with van der Waals surface area (Å²) in [5.74, 6) is 2.63. The van der Waals surface area contributed by atoms with Crippen LogP contribution in [0.2, 0.25) is 0 Å². The van der Waals surface area contributed by atoms with Crippen molar-refractivity contribution >= 4 is 12.4 Å². The zero-order valence-electron chi connectivity index (χ0n) is 17.5. The minimum Gasteiger partial charge on any atom is -0.490 e. The minimum absolute atomic E-state index is 0. The number of pyridine rings is 1. The van der Waals surface area contributed by atoms with Crippen LogP contribution < -0.4 is 20.1 Å². The van der Waals surface area contributed by atoms with E-state index in [-0.39, 0.29) is 12.4 Å². The third-order valence-electron chi connectivity index (χ3n) is 5.77. The number of morpholine rings is 1. The van der Waals surface area contributed by atoms with Gasteiger partial charge in [0.2, 0.25) is 5.88 Å². The summed E-state index contributed by atoms with van der Waals surface area (Å²) < 4.78 is 17.2. The van der Waals surface area contributed by atoms with Crippen molar-refractivity contribution in [2.45, 2.75) is 44.8 Å². The van der Waals surface area contributed by atoms with Gasteiger partial charge in [0.1, 0.15) is 0 Å². The van der Waals surface area contributed by atoms with E-state index < -0.39 is 0 Å². The smallest absolute Gasteiger partial charge is 0.219 e. The Kier molecular flexibility index (Phi) is 8.75. The van der Waals surface area contributed by atoms with Crippen molar-refractivity contribution in [1.29, 1.82) is 0 Å². The fourth-order valence-corrected chi connectivity index (χ4v) is 4.33. The van der Waals surface area contributed by atoms with Crippen molar-refractivity contribution in [3.63, 3.8) is 0 Å². The lowest BCUT2D eigenvalue weighted by molar-refractivity contribution is 0.0524. The Morgan fingerprint density at radius 1 is 1.17 bits per heavy atom. The van der Waals surface area contributed by atoms with Crippen LogP contribution in [0.5, 0.6) is 17.4 Å². The lowest BCUT2D eigenvalue weighted by Crippen LogP contribution is -2.50. The molecule has 2 aromatic rings. The van der Waals surface area contributed by atoms with E-state index >= 15 is 0 Å². The van der Waals surface area contributed by atoms with Crippen LogP contribution in [0, 0.1) is 5.92 Å². The number of hydrogen-bond acceptors (Lipinski definition) is 6. The molecule has 0 amide bonds. The first kappa shape index (κ1) is 22.8. The second-order valence-corrected chi connectivity index (χ2v) is 7.70. The maximum Gasteiger partial charge on any atom is 0.219 e. The van der Waals surface area contributed by atoms with Gasteiger partial charge in [-0.15, -0.1) is 12.4 Å². The molecule has 3 unspecified atom stereocenters. The van der Waals surface area contributed by atoms with Gasteiger partial charge in [-0.05, 0) is 43.4 Å². The van der Waals surface area contributed by atoms with Crippen molar-refractivity contribution in [2.24, 2.45) is 5.92 Å². The number of benzene rings is 1. The summed E-state index contributed by atoms with van der Waals surface area (Å²) in [7, 11) is 0. The van der Waals surface area contributed by atoms with Crippen LogP contribution in [0.3, 0.4) is 0 Å². The number of halogens is 1. The Hall–Kier alpha value is -1.86. The monoisotopic (exact) mass is 433 g/mol. The number of para-hydroxylation sites is 2. The maximum absolute atomic E-state index is 5.91. The first-order valence-corrected chi connectivity index (χ1v) is 10.7. The van der Waals surface area contributed by atoms with Gasteiger partial charge in [0.15, 0.2) is 11.5 Å². The molecule has 164 valence electrons. The molecule has 0 bridgehead atoms. The van der Waals surface area contributed by atoms with Gasteiger partial charge in [0.25, 0.3) is 0 Å². The molecule has 4 rings (SSSR count). The van der Waals surface area contributed by atoms with Crippen molar-refractivity contribution in [1.82, 2.24) is 15.6 Å². The average molecular weight is 434 g/mol. The van der Waals surface area contributed by atoms with Gasteiger partial charge in [-0.2, -0.15) is 0 Å². The molecule has 0 radical (unpaired) electrons. The van der Waals surface area contributed by atoms with Crippen molar-refractivity contribution < 1.29 is 14.2 Å². The van der Waals surface area contributed by atoms with E-state index in [0.717, 1.165) is 37.6 Å². The number of ether oxygens (including phenoxy) is 3. The molecule has 1 saturated carbocycles. The first-order valence-electron chi connectivity index (χ1n) is 10.7. The second-order valence-electron chi connectivity index (χ2n) is 7.70. The van der Waals surface area contributed by atoms with Crippen LogP contribution in [0.25, 0.3) is 0 Å². The highest BCUT2D eigenvalue weighted by atomic mass is 35.5. The standard InChI is InChI=1S/C23H31N3O3.ClH/c1-2-28-21-8-3-4-9-22(21)29-23-11-10-17(15-26-23)14-25-19-7-5-6-18(19)20-16-27-13-12-24-20;/h3-4,8-11,15,18-20,24-25H,2,5-7,12-14,16H2,1H3;1H. The van der Waals surface area contributed by atoms with Gasteiger partial charge in [-0.1, -0.05) is 24.6 Å². The molecule has 7 heteroatoms. The minimum atomic E-state index is 0. The molecule has 30 heavy (non-hydrogen) atoms. The highest BCUT2D eigenvalue weighted by molar-refractivity contribution is 5.85. The van der Waals surface area contributed by atoms with Crippen molar-refractivity contribution in [2.75, 3.05) is 26.4 Å². The summed E-state index contributed by atoms with van der Waals surface area (Å²) in [5.41, 5.74) is 1.16. The SMILES string of the molecule is CCOc1ccccc1Oc1ccc(CNC2CCCC2C2COCCN2)cn1.Cl. The van der Waals surface area contributed by atoms with Crippen LogP contribution in [0.15, 0.2) is 42.6 Å². The third kappa shape index (κ3) is 5.85. The molecule has 6 nitrogen and oxygen atoms in total. The quantitative estimate of drug-likeness (QED) is 0.657. The first-order chi connectivity index (χ1) is 14.3. The fraction of sp³-hybridized carbons (Fsp3) is 0.522. The molecule has 1 aliphatic carbocycles. The summed E-state index contributed by atoms with van der Waals surface area (Å²) in [4.78, 5) is 4.48. The topological polar surface area (TPSA) is 64.6 Å². The number of aromatic nitrogens is 1. The summed E-state index contributed by atoms with van der Waals surface area (Å²) in [6.07, 6.45) is 5.66. The van der Waals surface area contributed by atoms with Crippen LogP contribution in [-0.4, -0.2) is 43.4 Å². The Bertz CT molecular complexity index is 769. The van der Waals surface area contributed by atoms with Crippen molar-refractivity contribution in [3.8, 4) is 17.4 Å². The molecule has 2 N–H and O–H groups in total. The summed E-state index contributed by atoms with van der Waals surface area (Å²) in [6, 6.07) is 12.7. The number of hydrogen-bond donors (Lipinski definition) is 2.